The van der Waals surface area contributed by atoms with Crippen LogP contribution in [0.2, 0.25) is 5.02 Å². The van der Waals surface area contributed by atoms with Gasteiger partial charge in [0.15, 0.2) is 0 Å². The summed E-state index contributed by atoms with van der Waals surface area (Å²) in [6, 6.07) is 7.43. The fourth-order valence-corrected chi connectivity index (χ4v) is 7.13. The third-order valence-electron chi connectivity index (χ3n) is 9.26. The summed E-state index contributed by atoms with van der Waals surface area (Å²) < 4.78 is 17.5. The van der Waals surface area contributed by atoms with Gasteiger partial charge in [-0.25, -0.2) is 19.3 Å². The predicted molar refractivity (Wildman–Crippen MR) is 167 cm³/mol. The molecule has 0 unspecified atom stereocenters. The topological polar surface area (TPSA) is 117 Å². The van der Waals surface area contributed by atoms with E-state index in [0.717, 1.165) is 58.7 Å². The van der Waals surface area contributed by atoms with Crippen molar-refractivity contribution in [3.05, 3.63) is 65.3 Å². The number of nitrogens with two attached hydrogens (primary N) is 1. The molecule has 0 aliphatic carbocycles. The Morgan fingerprint density at radius 3 is 2.70 bits per heavy atom. The number of halogens is 2. The van der Waals surface area contributed by atoms with E-state index in [1.165, 1.54) is 24.8 Å². The lowest BCUT2D eigenvalue weighted by Crippen LogP contribution is -2.61. The van der Waals surface area contributed by atoms with Crippen LogP contribution in [0.5, 0.6) is 0 Å². The van der Waals surface area contributed by atoms with E-state index in [4.69, 9.17) is 27.2 Å². The number of fused-ring (bicyclic) bond motifs is 1. The number of nitrogens with zero attached hydrogens (tertiary/aromatic N) is 7. The third-order valence-corrected chi connectivity index (χ3v) is 9.50. The third kappa shape index (κ3) is 5.47. The van der Waals surface area contributed by atoms with Crippen LogP contribution in [0.25, 0.3) is 16.8 Å². The number of likely N-dealkylation sites (tertiary alicyclic amines) is 1. The Hall–Kier alpha value is -3.84. The van der Waals surface area contributed by atoms with Crippen LogP contribution in [-0.2, 0) is 4.84 Å². The number of aromatic nitrogens is 4. The Balaban J connectivity index is 1.07. The summed E-state index contributed by atoms with van der Waals surface area (Å²) >= 11 is 5.99. The highest BCUT2D eigenvalue weighted by Crippen LogP contribution is 2.43. The summed E-state index contributed by atoms with van der Waals surface area (Å²) in [4.78, 5) is 36.3. The SMILES string of the molecule is CON1CC[C@H](CN2CC3(CCN(c4nc(-c5ccc(C(=O)Nc6cc(Cl)ccn6)cc5F)c5c(N)nccn45)CC3)C2)C1. The standard InChI is InChI=1S/C31H35ClFN9O2/c1-44-41-10-5-20(17-41)16-39-18-31(19-39)6-11-40(12-7-31)30-38-26(27-28(34)36-9-13-42(27)30)23-3-2-21(14-24(23)33)29(43)37-25-15-22(32)4-8-35-25/h2-4,8-9,13-15,20H,5-7,10-12,16-19H2,1H3,(H2,34,36)(H,35,37,43)/t20-/m1/s1. The summed E-state index contributed by atoms with van der Waals surface area (Å²) in [5.41, 5.74) is 7.99. The molecule has 3 aliphatic rings. The van der Waals surface area contributed by atoms with Gasteiger partial charge in [-0.2, -0.15) is 5.06 Å². The molecule has 7 rings (SSSR count). The smallest absolute Gasteiger partial charge is 0.256 e. The van der Waals surface area contributed by atoms with Crippen molar-refractivity contribution in [1.82, 2.24) is 29.3 Å². The van der Waals surface area contributed by atoms with Crippen LogP contribution in [0, 0.1) is 17.2 Å². The number of amides is 1. The first-order valence-electron chi connectivity index (χ1n) is 14.9. The molecule has 44 heavy (non-hydrogen) atoms. The normalized spacial score (nSPS) is 20.3. The van der Waals surface area contributed by atoms with Crippen molar-refractivity contribution >= 4 is 40.6 Å². The molecule has 1 spiro atoms. The van der Waals surface area contributed by atoms with E-state index >= 15 is 4.39 Å². The van der Waals surface area contributed by atoms with Crippen molar-refractivity contribution in [2.24, 2.45) is 11.3 Å². The molecule has 13 heteroatoms. The Kier molecular flexibility index (Phi) is 7.61. The van der Waals surface area contributed by atoms with Crippen molar-refractivity contribution in [2.45, 2.75) is 19.3 Å². The Morgan fingerprint density at radius 2 is 1.98 bits per heavy atom. The number of hydroxylamine groups is 2. The number of anilines is 3. The summed E-state index contributed by atoms with van der Waals surface area (Å²) in [5, 5.41) is 5.13. The quantitative estimate of drug-likeness (QED) is 0.314. The maximum Gasteiger partial charge on any atom is 0.256 e. The number of hydrogen-bond donors (Lipinski definition) is 2. The Bertz CT molecular complexity index is 1700. The zero-order valence-electron chi connectivity index (χ0n) is 24.5. The summed E-state index contributed by atoms with van der Waals surface area (Å²) in [6.45, 7) is 7.14. The van der Waals surface area contributed by atoms with Gasteiger partial charge in [-0.15, -0.1) is 0 Å². The molecule has 0 bridgehead atoms. The van der Waals surface area contributed by atoms with Gasteiger partial charge in [0.25, 0.3) is 5.91 Å². The molecule has 6 heterocycles. The molecule has 230 valence electrons. The lowest BCUT2D eigenvalue weighted by molar-refractivity contribution is -0.116. The van der Waals surface area contributed by atoms with Crippen LogP contribution in [0.1, 0.15) is 29.6 Å². The fourth-order valence-electron chi connectivity index (χ4n) is 6.98. The summed E-state index contributed by atoms with van der Waals surface area (Å²) in [5.74, 6) is 0.838. The molecule has 1 amide bonds. The second-order valence-electron chi connectivity index (χ2n) is 12.2. The summed E-state index contributed by atoms with van der Waals surface area (Å²) in [6.07, 6.45) is 8.27. The lowest BCUT2D eigenvalue weighted by Gasteiger charge is -2.54. The first-order chi connectivity index (χ1) is 21.3. The van der Waals surface area contributed by atoms with Gasteiger partial charge in [0.2, 0.25) is 5.95 Å². The highest BCUT2D eigenvalue weighted by atomic mass is 35.5. The van der Waals surface area contributed by atoms with Crippen molar-refractivity contribution in [3.63, 3.8) is 0 Å². The van der Waals surface area contributed by atoms with Crippen molar-refractivity contribution in [3.8, 4) is 11.3 Å². The van der Waals surface area contributed by atoms with Gasteiger partial charge in [-0.05, 0) is 60.9 Å². The number of hydrogen-bond acceptors (Lipinski definition) is 9. The van der Waals surface area contributed by atoms with E-state index < -0.39 is 11.7 Å². The second kappa shape index (κ2) is 11.6. The Labute approximate surface area is 259 Å². The number of benzene rings is 1. The molecular formula is C31H35ClFN9O2. The lowest BCUT2D eigenvalue weighted by atomic mass is 9.71. The number of nitrogens with one attached hydrogen (secondary N) is 1. The molecule has 0 saturated carbocycles. The minimum absolute atomic E-state index is 0.141. The number of nitrogen functional groups attached to an aromatic ring is 1. The molecule has 11 nitrogen and oxygen atoms in total. The zero-order chi connectivity index (χ0) is 30.4. The van der Waals surface area contributed by atoms with Crippen LogP contribution < -0.4 is 16.0 Å². The van der Waals surface area contributed by atoms with E-state index in [9.17, 15) is 4.79 Å². The van der Waals surface area contributed by atoms with Gasteiger partial charge in [0.1, 0.15) is 28.7 Å². The number of rotatable bonds is 7. The molecule has 1 atom stereocenters. The maximum atomic E-state index is 15.6. The highest BCUT2D eigenvalue weighted by molar-refractivity contribution is 6.30. The predicted octanol–water partition coefficient (Wildman–Crippen LogP) is 4.20. The molecular weight excluding hydrogens is 585 g/mol. The van der Waals surface area contributed by atoms with Crippen LogP contribution >= 0.6 is 11.6 Å². The van der Waals surface area contributed by atoms with Gasteiger partial charge >= 0.3 is 0 Å². The number of carbonyl (C=O) groups excluding carboxylic acids is 1. The van der Waals surface area contributed by atoms with E-state index in [1.54, 1.807) is 31.5 Å². The molecule has 3 fully saturated rings. The van der Waals surface area contributed by atoms with E-state index in [0.29, 0.717) is 33.5 Å². The minimum Gasteiger partial charge on any atom is -0.382 e. The average molecular weight is 620 g/mol. The molecule has 3 N–H and O–H groups in total. The number of imidazole rings is 1. The van der Waals surface area contributed by atoms with E-state index in [-0.39, 0.29) is 22.8 Å². The average Bonchev–Trinajstić information content (AvgIpc) is 3.62. The molecule has 0 radical (unpaired) electrons. The van der Waals surface area contributed by atoms with Crippen molar-refractivity contribution in [1.29, 1.82) is 0 Å². The van der Waals surface area contributed by atoms with Gasteiger partial charge in [0, 0.05) is 80.6 Å². The number of carbonyl (C=O) groups is 1. The van der Waals surface area contributed by atoms with Crippen molar-refractivity contribution < 1.29 is 14.0 Å². The largest absolute Gasteiger partial charge is 0.382 e. The molecule has 3 saturated heterocycles. The van der Waals surface area contributed by atoms with Crippen LogP contribution in [0.15, 0.2) is 48.9 Å². The van der Waals surface area contributed by atoms with Gasteiger partial charge < -0.3 is 25.7 Å². The molecule has 3 aliphatic heterocycles. The number of piperidine rings is 1. The van der Waals surface area contributed by atoms with Crippen LogP contribution in [-0.4, -0.2) is 88.1 Å². The van der Waals surface area contributed by atoms with E-state index in [1.807, 2.05) is 10.6 Å². The zero-order valence-corrected chi connectivity index (χ0v) is 25.3. The maximum absolute atomic E-state index is 15.6. The number of pyridine rings is 1. The van der Waals surface area contributed by atoms with Gasteiger partial charge in [-0.1, -0.05) is 11.6 Å². The van der Waals surface area contributed by atoms with Crippen LogP contribution in [0.3, 0.4) is 0 Å². The first kappa shape index (κ1) is 28.9. The fraction of sp³-hybridized carbons (Fsp3) is 0.419. The van der Waals surface area contributed by atoms with Crippen molar-refractivity contribution in [2.75, 3.05) is 68.9 Å². The van der Waals surface area contributed by atoms with Gasteiger partial charge in [-0.3, -0.25) is 9.20 Å². The summed E-state index contributed by atoms with van der Waals surface area (Å²) in [7, 11) is 1.75. The first-order valence-corrected chi connectivity index (χ1v) is 15.3. The molecule has 1 aromatic carbocycles. The van der Waals surface area contributed by atoms with Crippen LogP contribution in [0.4, 0.5) is 22.0 Å². The molecule has 4 aromatic rings. The molecule has 3 aromatic heterocycles. The highest BCUT2D eigenvalue weighted by Gasteiger charge is 2.46. The van der Waals surface area contributed by atoms with Gasteiger partial charge in [0.05, 0.1) is 7.11 Å². The Morgan fingerprint density at radius 1 is 1.16 bits per heavy atom. The second-order valence-corrected chi connectivity index (χ2v) is 12.6. The minimum atomic E-state index is -0.588. The van der Waals surface area contributed by atoms with E-state index in [2.05, 4.69) is 30.1 Å². The monoisotopic (exact) mass is 619 g/mol.